The summed E-state index contributed by atoms with van der Waals surface area (Å²) in [6, 6.07) is 17.9. The topological polar surface area (TPSA) is 75.3 Å². The van der Waals surface area contributed by atoms with Crippen molar-refractivity contribution < 1.29 is 13.2 Å². The Labute approximate surface area is 176 Å². The Kier molecular flexibility index (Phi) is 6.07. The van der Waals surface area contributed by atoms with Crippen LogP contribution in [-0.2, 0) is 10.0 Å². The molecular formula is C20H16BrClN2O3S. The highest BCUT2D eigenvalue weighted by molar-refractivity contribution is 9.10. The fraction of sp³-hybridized carbons (Fsp3) is 0.0500. The van der Waals surface area contributed by atoms with Crippen LogP contribution in [0.2, 0.25) is 5.02 Å². The van der Waals surface area contributed by atoms with Crippen LogP contribution in [0, 0.1) is 6.92 Å². The number of benzene rings is 3. The SMILES string of the molecule is Cc1c(Cl)cccc1NS(=O)(=O)c1ccc(NC(=O)c2ccc(Br)cc2)cc1. The maximum atomic E-state index is 12.6. The first-order valence-corrected chi connectivity index (χ1v) is 10.9. The molecule has 2 N–H and O–H groups in total. The van der Waals surface area contributed by atoms with Gasteiger partial charge in [0, 0.05) is 20.7 Å². The lowest BCUT2D eigenvalue weighted by molar-refractivity contribution is 0.102. The van der Waals surface area contributed by atoms with Crippen LogP contribution in [0.25, 0.3) is 0 Å². The smallest absolute Gasteiger partial charge is 0.261 e. The van der Waals surface area contributed by atoms with Crippen LogP contribution in [0.3, 0.4) is 0 Å². The third kappa shape index (κ3) is 4.73. The van der Waals surface area contributed by atoms with Crippen molar-refractivity contribution in [1.82, 2.24) is 0 Å². The quantitative estimate of drug-likeness (QED) is 0.510. The number of carbonyl (C=O) groups excluding carboxylic acids is 1. The van der Waals surface area contributed by atoms with E-state index in [1.54, 1.807) is 49.4 Å². The van der Waals surface area contributed by atoms with Gasteiger partial charge in [0.25, 0.3) is 15.9 Å². The maximum Gasteiger partial charge on any atom is 0.261 e. The third-order valence-electron chi connectivity index (χ3n) is 4.04. The van der Waals surface area contributed by atoms with Gasteiger partial charge in [0.15, 0.2) is 0 Å². The molecular weight excluding hydrogens is 464 g/mol. The predicted molar refractivity (Wildman–Crippen MR) is 116 cm³/mol. The van der Waals surface area contributed by atoms with Crippen LogP contribution < -0.4 is 10.0 Å². The minimum Gasteiger partial charge on any atom is -0.322 e. The first-order chi connectivity index (χ1) is 13.3. The molecule has 0 unspecified atom stereocenters. The average Bonchev–Trinajstić information content (AvgIpc) is 2.66. The molecule has 28 heavy (non-hydrogen) atoms. The molecule has 5 nitrogen and oxygen atoms in total. The zero-order valence-corrected chi connectivity index (χ0v) is 17.9. The summed E-state index contributed by atoms with van der Waals surface area (Å²) in [5, 5.41) is 3.21. The van der Waals surface area contributed by atoms with E-state index in [4.69, 9.17) is 11.6 Å². The van der Waals surface area contributed by atoms with E-state index < -0.39 is 10.0 Å². The van der Waals surface area contributed by atoms with E-state index in [1.807, 2.05) is 0 Å². The van der Waals surface area contributed by atoms with E-state index in [0.717, 1.165) is 4.47 Å². The third-order valence-corrected chi connectivity index (χ3v) is 6.36. The lowest BCUT2D eigenvalue weighted by Gasteiger charge is -2.12. The standard InChI is InChI=1S/C20H16BrClN2O3S/c1-13-18(22)3-2-4-19(13)24-28(26,27)17-11-9-16(10-12-17)23-20(25)14-5-7-15(21)8-6-14/h2-12,24H,1H3,(H,23,25). The number of rotatable bonds is 5. The Bertz CT molecular complexity index is 1120. The first kappa shape index (κ1) is 20.4. The van der Waals surface area contributed by atoms with Gasteiger partial charge in [-0.05, 0) is 73.2 Å². The largest absolute Gasteiger partial charge is 0.322 e. The molecule has 1 amide bonds. The lowest BCUT2D eigenvalue weighted by Crippen LogP contribution is -2.14. The second-order valence-corrected chi connectivity index (χ2v) is 9.01. The zero-order chi connectivity index (χ0) is 20.3. The van der Waals surface area contributed by atoms with Crippen molar-refractivity contribution in [2.24, 2.45) is 0 Å². The van der Waals surface area contributed by atoms with Gasteiger partial charge in [-0.25, -0.2) is 8.42 Å². The van der Waals surface area contributed by atoms with Crippen LogP contribution in [0.4, 0.5) is 11.4 Å². The number of anilines is 2. The second kappa shape index (κ2) is 8.34. The summed E-state index contributed by atoms with van der Waals surface area (Å²) < 4.78 is 28.6. The first-order valence-electron chi connectivity index (χ1n) is 8.21. The van der Waals surface area contributed by atoms with Gasteiger partial charge in [-0.15, -0.1) is 0 Å². The number of hydrogen-bond donors (Lipinski definition) is 2. The Balaban J connectivity index is 1.75. The summed E-state index contributed by atoms with van der Waals surface area (Å²) in [5.74, 6) is -0.282. The maximum absolute atomic E-state index is 12.6. The molecule has 3 aromatic carbocycles. The highest BCUT2D eigenvalue weighted by atomic mass is 79.9. The van der Waals surface area contributed by atoms with Gasteiger partial charge in [-0.2, -0.15) is 0 Å². The van der Waals surface area contributed by atoms with E-state index in [-0.39, 0.29) is 10.8 Å². The van der Waals surface area contributed by atoms with Crippen LogP contribution in [0.1, 0.15) is 15.9 Å². The molecule has 0 radical (unpaired) electrons. The Hall–Kier alpha value is -2.35. The van der Waals surface area contributed by atoms with Gasteiger partial charge in [0.1, 0.15) is 0 Å². The molecule has 144 valence electrons. The molecule has 0 aromatic heterocycles. The Morgan fingerprint density at radius 2 is 1.61 bits per heavy atom. The van der Waals surface area contributed by atoms with Crippen molar-refractivity contribution in [1.29, 1.82) is 0 Å². The molecule has 0 fully saturated rings. The Morgan fingerprint density at radius 3 is 2.25 bits per heavy atom. The number of hydrogen-bond acceptors (Lipinski definition) is 3. The predicted octanol–water partition coefficient (Wildman–Crippen LogP) is 5.46. The fourth-order valence-corrected chi connectivity index (χ4v) is 4.01. The molecule has 0 aliphatic heterocycles. The van der Waals surface area contributed by atoms with Crippen molar-refractivity contribution in [2.45, 2.75) is 11.8 Å². The lowest BCUT2D eigenvalue weighted by atomic mass is 10.2. The summed E-state index contributed by atoms with van der Waals surface area (Å²) in [6.07, 6.45) is 0. The van der Waals surface area contributed by atoms with Crippen molar-refractivity contribution in [3.63, 3.8) is 0 Å². The Morgan fingerprint density at radius 1 is 0.964 bits per heavy atom. The van der Waals surface area contributed by atoms with Crippen molar-refractivity contribution in [3.05, 3.63) is 87.4 Å². The number of carbonyl (C=O) groups is 1. The summed E-state index contributed by atoms with van der Waals surface area (Å²) in [6.45, 7) is 1.74. The van der Waals surface area contributed by atoms with E-state index in [0.29, 0.717) is 27.5 Å². The molecule has 0 atom stereocenters. The molecule has 0 saturated carbocycles. The minimum absolute atomic E-state index is 0.0773. The average molecular weight is 480 g/mol. The van der Waals surface area contributed by atoms with E-state index in [2.05, 4.69) is 26.0 Å². The summed E-state index contributed by atoms with van der Waals surface area (Å²) in [7, 11) is -3.78. The molecule has 0 saturated heterocycles. The number of amides is 1. The summed E-state index contributed by atoms with van der Waals surface area (Å²) in [4.78, 5) is 12.3. The number of sulfonamides is 1. The molecule has 3 aromatic rings. The molecule has 8 heteroatoms. The van der Waals surface area contributed by atoms with E-state index in [9.17, 15) is 13.2 Å². The second-order valence-electron chi connectivity index (χ2n) is 6.00. The van der Waals surface area contributed by atoms with Gasteiger partial charge in [-0.1, -0.05) is 33.6 Å². The van der Waals surface area contributed by atoms with Gasteiger partial charge in [-0.3, -0.25) is 9.52 Å². The van der Waals surface area contributed by atoms with E-state index in [1.165, 1.54) is 24.3 Å². The van der Waals surface area contributed by atoms with Crippen LogP contribution >= 0.6 is 27.5 Å². The van der Waals surface area contributed by atoms with E-state index >= 15 is 0 Å². The molecule has 0 spiro atoms. The van der Waals surface area contributed by atoms with Gasteiger partial charge in [0.05, 0.1) is 10.6 Å². The monoisotopic (exact) mass is 478 g/mol. The molecule has 3 rings (SSSR count). The molecule has 0 aliphatic carbocycles. The zero-order valence-electron chi connectivity index (χ0n) is 14.7. The van der Waals surface area contributed by atoms with Crippen LogP contribution in [0.15, 0.2) is 76.1 Å². The number of nitrogens with one attached hydrogen (secondary N) is 2. The van der Waals surface area contributed by atoms with Crippen molar-refractivity contribution >= 4 is 54.8 Å². The summed E-state index contributed by atoms with van der Waals surface area (Å²) in [5.41, 5.74) is 2.05. The number of halogens is 2. The van der Waals surface area contributed by atoms with Gasteiger partial charge >= 0.3 is 0 Å². The highest BCUT2D eigenvalue weighted by Crippen LogP contribution is 2.26. The van der Waals surface area contributed by atoms with Gasteiger partial charge in [0.2, 0.25) is 0 Å². The highest BCUT2D eigenvalue weighted by Gasteiger charge is 2.16. The van der Waals surface area contributed by atoms with Crippen molar-refractivity contribution in [3.8, 4) is 0 Å². The van der Waals surface area contributed by atoms with Crippen molar-refractivity contribution in [2.75, 3.05) is 10.0 Å². The van der Waals surface area contributed by atoms with Crippen LogP contribution in [0.5, 0.6) is 0 Å². The molecule has 0 bridgehead atoms. The molecule has 0 heterocycles. The fourth-order valence-electron chi connectivity index (χ4n) is 2.44. The summed E-state index contributed by atoms with van der Waals surface area (Å²) >= 11 is 9.36. The van der Waals surface area contributed by atoms with Crippen LogP contribution in [-0.4, -0.2) is 14.3 Å². The van der Waals surface area contributed by atoms with Gasteiger partial charge < -0.3 is 5.32 Å². The minimum atomic E-state index is -3.78. The normalized spacial score (nSPS) is 11.1. The molecule has 0 aliphatic rings.